The van der Waals surface area contributed by atoms with Crippen LogP contribution in [-0.2, 0) is 28.9 Å². The van der Waals surface area contributed by atoms with Crippen LogP contribution in [0, 0.1) is 6.92 Å². The topological polar surface area (TPSA) is 87.2 Å². The van der Waals surface area contributed by atoms with Crippen molar-refractivity contribution in [3.63, 3.8) is 0 Å². The lowest BCUT2D eigenvalue weighted by molar-refractivity contribution is 0.0116. The number of aryl methyl sites for hydroxylation is 2. The molecule has 0 saturated carbocycles. The summed E-state index contributed by atoms with van der Waals surface area (Å²) in [7, 11) is 0. The Balaban J connectivity index is 1.34. The van der Waals surface area contributed by atoms with Crippen molar-refractivity contribution in [2.75, 3.05) is 37.6 Å². The van der Waals surface area contributed by atoms with E-state index >= 15 is 0 Å². The van der Waals surface area contributed by atoms with Gasteiger partial charge in [0.25, 0.3) is 0 Å². The van der Waals surface area contributed by atoms with E-state index in [4.69, 9.17) is 14.5 Å². The van der Waals surface area contributed by atoms with Crippen molar-refractivity contribution >= 4 is 17.9 Å². The molecule has 234 valence electrons. The molecule has 9 heteroatoms. The van der Waals surface area contributed by atoms with Crippen LogP contribution in [0.15, 0.2) is 30.5 Å². The van der Waals surface area contributed by atoms with Crippen molar-refractivity contribution in [3.05, 3.63) is 58.4 Å². The largest absolute Gasteiger partial charge is 0.444 e. The van der Waals surface area contributed by atoms with Gasteiger partial charge in [0, 0.05) is 57.2 Å². The highest BCUT2D eigenvalue weighted by Gasteiger charge is 2.36. The SMILES string of the molecule is Cc1cnc2c(c1)CCC[C@@H]2NC[C@H]1Cc2c(cccc2N2CCN(C(=O)OC(C)(C)C)CC2)CN1C(=O)OC(C)(C)C. The molecule has 2 amide bonds. The summed E-state index contributed by atoms with van der Waals surface area (Å²) in [6, 6.07) is 8.74. The van der Waals surface area contributed by atoms with E-state index in [0.29, 0.717) is 26.2 Å². The molecule has 0 unspecified atom stereocenters. The number of hydrogen-bond acceptors (Lipinski definition) is 7. The fourth-order valence-electron chi connectivity index (χ4n) is 6.40. The number of fused-ring (bicyclic) bond motifs is 2. The van der Waals surface area contributed by atoms with E-state index in [2.05, 4.69) is 41.4 Å². The summed E-state index contributed by atoms with van der Waals surface area (Å²) in [5.74, 6) is 0. The lowest BCUT2D eigenvalue weighted by atomic mass is 9.89. The first kappa shape index (κ1) is 31.1. The van der Waals surface area contributed by atoms with Crippen molar-refractivity contribution in [2.24, 2.45) is 0 Å². The quantitative estimate of drug-likeness (QED) is 0.483. The molecule has 0 bridgehead atoms. The molecule has 0 spiro atoms. The molecule has 5 rings (SSSR count). The second kappa shape index (κ2) is 12.3. The van der Waals surface area contributed by atoms with Crippen LogP contribution in [-0.4, -0.2) is 76.9 Å². The summed E-state index contributed by atoms with van der Waals surface area (Å²) in [5, 5.41) is 3.80. The maximum absolute atomic E-state index is 13.5. The number of piperazine rings is 1. The summed E-state index contributed by atoms with van der Waals surface area (Å²) >= 11 is 0. The Hall–Kier alpha value is -3.33. The van der Waals surface area contributed by atoms with Gasteiger partial charge in [0.05, 0.1) is 11.7 Å². The van der Waals surface area contributed by atoms with Gasteiger partial charge < -0.3 is 24.6 Å². The van der Waals surface area contributed by atoms with Gasteiger partial charge in [-0.05, 0) is 102 Å². The number of carbonyl (C=O) groups excluding carboxylic acids is 2. The number of amides is 2. The molecule has 1 aromatic heterocycles. The highest BCUT2D eigenvalue weighted by Crippen LogP contribution is 2.34. The number of aromatic nitrogens is 1. The third-order valence-corrected chi connectivity index (χ3v) is 8.38. The lowest BCUT2D eigenvalue weighted by Crippen LogP contribution is -2.52. The van der Waals surface area contributed by atoms with Gasteiger partial charge in [-0.2, -0.15) is 0 Å². The lowest BCUT2D eigenvalue weighted by Gasteiger charge is -2.42. The smallest absolute Gasteiger partial charge is 0.410 e. The average Bonchev–Trinajstić information content (AvgIpc) is 2.93. The molecule has 0 radical (unpaired) electrons. The van der Waals surface area contributed by atoms with Gasteiger partial charge in [-0.1, -0.05) is 18.2 Å². The normalized spacial score (nSPS) is 20.8. The van der Waals surface area contributed by atoms with E-state index in [1.165, 1.54) is 22.4 Å². The van der Waals surface area contributed by atoms with E-state index in [9.17, 15) is 9.59 Å². The van der Waals surface area contributed by atoms with Crippen LogP contribution in [0.2, 0.25) is 0 Å². The Kier molecular flexibility index (Phi) is 8.93. The summed E-state index contributed by atoms with van der Waals surface area (Å²) in [6.45, 7) is 17.4. The number of benzene rings is 1. The number of carbonyl (C=O) groups is 2. The molecule has 2 aromatic rings. The van der Waals surface area contributed by atoms with Gasteiger partial charge in [0.2, 0.25) is 0 Å². The number of rotatable bonds is 4. The molecule has 2 atom stereocenters. The molecule has 3 aliphatic rings. The third kappa shape index (κ3) is 7.61. The number of ether oxygens (including phenoxy) is 2. The first-order valence-corrected chi connectivity index (χ1v) is 15.8. The standard InChI is InChI=1S/C34H49N5O4/c1-23-18-24-10-8-12-28(30(24)36-20-23)35-21-26-19-27-25(22-39(26)32(41)43-34(5,6)7)11-9-13-29(27)37-14-16-38(17-15-37)31(40)42-33(2,3)4/h9,11,13,18,20,26,28,35H,8,10,12,14-17,19,21-22H2,1-7H3/t26-,28+/m1/s1. The number of anilines is 1. The minimum absolute atomic E-state index is 0.0672. The Morgan fingerprint density at radius 3 is 2.37 bits per heavy atom. The van der Waals surface area contributed by atoms with E-state index in [0.717, 1.165) is 50.0 Å². The minimum atomic E-state index is -0.574. The zero-order chi connectivity index (χ0) is 30.9. The van der Waals surface area contributed by atoms with E-state index < -0.39 is 11.2 Å². The maximum atomic E-state index is 13.5. The number of nitrogens with zero attached hydrogens (tertiary/aromatic N) is 4. The van der Waals surface area contributed by atoms with Crippen LogP contribution in [0.4, 0.5) is 15.3 Å². The van der Waals surface area contributed by atoms with Crippen molar-refractivity contribution in [3.8, 4) is 0 Å². The van der Waals surface area contributed by atoms with Crippen molar-refractivity contribution < 1.29 is 19.1 Å². The summed E-state index contributed by atoms with van der Waals surface area (Å²) < 4.78 is 11.5. The summed E-state index contributed by atoms with van der Waals surface area (Å²) in [4.78, 5) is 37.0. The Labute approximate surface area is 256 Å². The molecule has 43 heavy (non-hydrogen) atoms. The summed E-state index contributed by atoms with van der Waals surface area (Å²) in [5.41, 5.74) is 6.19. The average molecular weight is 592 g/mol. The molecule has 9 nitrogen and oxygen atoms in total. The van der Waals surface area contributed by atoms with Crippen LogP contribution in [0.5, 0.6) is 0 Å². The molecule has 2 aliphatic heterocycles. The first-order chi connectivity index (χ1) is 20.3. The molecule has 1 aromatic carbocycles. The zero-order valence-corrected chi connectivity index (χ0v) is 27.0. The molecule has 1 saturated heterocycles. The van der Waals surface area contributed by atoms with Crippen molar-refractivity contribution in [1.29, 1.82) is 0 Å². The van der Waals surface area contributed by atoms with Crippen molar-refractivity contribution in [2.45, 2.75) is 104 Å². The second-order valence-corrected chi connectivity index (χ2v) is 14.2. The van der Waals surface area contributed by atoms with Crippen LogP contribution in [0.25, 0.3) is 0 Å². The minimum Gasteiger partial charge on any atom is -0.444 e. The molecule has 1 N–H and O–H groups in total. The van der Waals surface area contributed by atoms with E-state index in [1.807, 2.05) is 52.6 Å². The number of hydrogen-bond donors (Lipinski definition) is 1. The van der Waals surface area contributed by atoms with Gasteiger partial charge >= 0.3 is 12.2 Å². The fourth-order valence-corrected chi connectivity index (χ4v) is 6.40. The maximum Gasteiger partial charge on any atom is 0.410 e. The predicted octanol–water partition coefficient (Wildman–Crippen LogP) is 5.78. The van der Waals surface area contributed by atoms with Gasteiger partial charge in [-0.15, -0.1) is 0 Å². The summed E-state index contributed by atoms with van der Waals surface area (Å²) in [6.07, 6.45) is 5.37. The second-order valence-electron chi connectivity index (χ2n) is 14.2. The molecular formula is C34H49N5O4. The van der Waals surface area contributed by atoms with Gasteiger partial charge in [0.15, 0.2) is 0 Å². The monoisotopic (exact) mass is 591 g/mol. The molecule has 1 fully saturated rings. The van der Waals surface area contributed by atoms with Crippen LogP contribution < -0.4 is 10.2 Å². The highest BCUT2D eigenvalue weighted by molar-refractivity contribution is 5.71. The Morgan fingerprint density at radius 2 is 1.67 bits per heavy atom. The Bertz CT molecular complexity index is 1320. The molecular weight excluding hydrogens is 542 g/mol. The van der Waals surface area contributed by atoms with Crippen LogP contribution in [0.1, 0.15) is 88.4 Å². The number of pyridine rings is 1. The van der Waals surface area contributed by atoms with E-state index in [1.54, 1.807) is 4.90 Å². The first-order valence-electron chi connectivity index (χ1n) is 15.8. The third-order valence-electron chi connectivity index (χ3n) is 8.38. The van der Waals surface area contributed by atoms with E-state index in [-0.39, 0.29) is 24.3 Å². The number of nitrogens with one attached hydrogen (secondary N) is 1. The van der Waals surface area contributed by atoms with Gasteiger partial charge in [0.1, 0.15) is 11.2 Å². The molecule has 3 heterocycles. The Morgan fingerprint density at radius 1 is 0.977 bits per heavy atom. The highest BCUT2D eigenvalue weighted by atomic mass is 16.6. The van der Waals surface area contributed by atoms with Crippen LogP contribution in [0.3, 0.4) is 0 Å². The van der Waals surface area contributed by atoms with Gasteiger partial charge in [-0.25, -0.2) is 9.59 Å². The fraction of sp³-hybridized carbons (Fsp3) is 0.618. The van der Waals surface area contributed by atoms with Gasteiger partial charge in [-0.3, -0.25) is 9.88 Å². The van der Waals surface area contributed by atoms with Crippen LogP contribution >= 0.6 is 0 Å². The predicted molar refractivity (Wildman–Crippen MR) is 168 cm³/mol. The molecule has 1 aliphatic carbocycles. The zero-order valence-electron chi connectivity index (χ0n) is 27.0. The van der Waals surface area contributed by atoms with Crippen molar-refractivity contribution in [1.82, 2.24) is 20.1 Å².